The number of urea groups is 1. The number of rotatable bonds is 4. The molecule has 3 rings (SSSR count). The number of carbonyl (C=O) groups excluding carboxylic acids is 1. The van der Waals surface area contributed by atoms with Gasteiger partial charge in [0.25, 0.3) is 0 Å². The fourth-order valence-corrected chi connectivity index (χ4v) is 2.12. The molecule has 2 amide bonds. The van der Waals surface area contributed by atoms with Crippen molar-refractivity contribution in [3.63, 3.8) is 0 Å². The molecule has 0 aliphatic heterocycles. The summed E-state index contributed by atoms with van der Waals surface area (Å²) >= 11 is 0. The van der Waals surface area contributed by atoms with E-state index in [2.05, 4.69) is 10.6 Å². The molecule has 0 radical (unpaired) electrons. The summed E-state index contributed by atoms with van der Waals surface area (Å²) in [7, 11) is 0. The molecule has 2 aromatic heterocycles. The highest BCUT2D eigenvalue weighted by Gasteiger charge is 2.14. The van der Waals surface area contributed by atoms with Crippen LogP contribution in [0, 0.1) is 0 Å². The molecular weight excluding hydrogens is 268 g/mol. The summed E-state index contributed by atoms with van der Waals surface area (Å²) in [6.07, 6.45) is 1.58. The van der Waals surface area contributed by atoms with E-state index >= 15 is 0 Å². The van der Waals surface area contributed by atoms with Gasteiger partial charge in [-0.15, -0.1) is 0 Å². The molecule has 0 aliphatic rings. The third kappa shape index (κ3) is 3.08. The van der Waals surface area contributed by atoms with Crippen molar-refractivity contribution in [2.24, 2.45) is 0 Å². The molecule has 2 heterocycles. The quantitative estimate of drug-likeness (QED) is 0.769. The molecule has 1 aromatic carbocycles. The topological polar surface area (TPSA) is 67.4 Å². The van der Waals surface area contributed by atoms with E-state index in [1.54, 1.807) is 12.3 Å². The molecule has 0 bridgehead atoms. The second-order valence-electron chi connectivity index (χ2n) is 4.81. The van der Waals surface area contributed by atoms with Crippen LogP contribution in [0.15, 0.2) is 57.6 Å². The fraction of sp³-hybridized carbons (Fsp3) is 0.188. The SMILES string of the molecule is CC(NC(=O)NCc1ccco1)c1cc2ccccc2o1. The molecular formula is C16H16N2O3. The van der Waals surface area contributed by atoms with Gasteiger partial charge in [0.2, 0.25) is 0 Å². The number of benzene rings is 1. The lowest BCUT2D eigenvalue weighted by Crippen LogP contribution is -2.36. The summed E-state index contributed by atoms with van der Waals surface area (Å²) in [4.78, 5) is 11.8. The summed E-state index contributed by atoms with van der Waals surface area (Å²) in [6, 6.07) is 12.8. The van der Waals surface area contributed by atoms with Gasteiger partial charge in [0.15, 0.2) is 0 Å². The molecule has 0 fully saturated rings. The second kappa shape index (κ2) is 5.75. The van der Waals surface area contributed by atoms with Gasteiger partial charge in [-0.05, 0) is 31.2 Å². The lowest BCUT2D eigenvalue weighted by Gasteiger charge is -2.11. The van der Waals surface area contributed by atoms with Crippen LogP contribution in [0.3, 0.4) is 0 Å². The van der Waals surface area contributed by atoms with Crippen molar-refractivity contribution >= 4 is 17.0 Å². The van der Waals surface area contributed by atoms with Crippen LogP contribution in [0.2, 0.25) is 0 Å². The summed E-state index contributed by atoms with van der Waals surface area (Å²) in [5, 5.41) is 6.59. The summed E-state index contributed by atoms with van der Waals surface area (Å²) < 4.78 is 10.9. The number of hydrogen-bond acceptors (Lipinski definition) is 3. The van der Waals surface area contributed by atoms with E-state index in [0.29, 0.717) is 12.3 Å². The Kier molecular flexibility index (Phi) is 3.64. The van der Waals surface area contributed by atoms with Crippen molar-refractivity contribution in [3.05, 3.63) is 60.2 Å². The Balaban J connectivity index is 1.60. The van der Waals surface area contributed by atoms with Gasteiger partial charge in [0.05, 0.1) is 18.8 Å². The van der Waals surface area contributed by atoms with Crippen molar-refractivity contribution in [1.82, 2.24) is 10.6 Å². The predicted molar refractivity (Wildman–Crippen MR) is 78.7 cm³/mol. The summed E-state index contributed by atoms with van der Waals surface area (Å²) in [6.45, 7) is 2.23. The zero-order valence-corrected chi connectivity index (χ0v) is 11.6. The minimum Gasteiger partial charge on any atom is -0.467 e. The maximum Gasteiger partial charge on any atom is 0.315 e. The number of para-hydroxylation sites is 1. The number of amides is 2. The van der Waals surface area contributed by atoms with Gasteiger partial charge in [0, 0.05) is 5.39 Å². The van der Waals surface area contributed by atoms with Crippen LogP contribution < -0.4 is 10.6 Å². The Hall–Kier alpha value is -2.69. The van der Waals surface area contributed by atoms with Gasteiger partial charge in [-0.2, -0.15) is 0 Å². The second-order valence-corrected chi connectivity index (χ2v) is 4.81. The zero-order chi connectivity index (χ0) is 14.7. The maximum atomic E-state index is 11.8. The highest BCUT2D eigenvalue weighted by molar-refractivity contribution is 5.78. The Morgan fingerprint density at radius 2 is 2.10 bits per heavy atom. The Bertz CT molecular complexity index is 698. The van der Waals surface area contributed by atoms with Gasteiger partial charge in [0.1, 0.15) is 17.1 Å². The predicted octanol–water partition coefficient (Wildman–Crippen LogP) is 3.59. The van der Waals surface area contributed by atoms with E-state index in [1.807, 2.05) is 43.3 Å². The summed E-state index contributed by atoms with van der Waals surface area (Å²) in [5.41, 5.74) is 0.817. The van der Waals surface area contributed by atoms with Crippen LogP contribution in [0.25, 0.3) is 11.0 Å². The van der Waals surface area contributed by atoms with Crippen LogP contribution in [0.4, 0.5) is 4.79 Å². The molecule has 0 saturated carbocycles. The molecule has 0 aliphatic carbocycles. The number of hydrogen-bond donors (Lipinski definition) is 2. The van der Waals surface area contributed by atoms with E-state index in [1.165, 1.54) is 0 Å². The molecule has 3 aromatic rings. The average molecular weight is 284 g/mol. The lowest BCUT2D eigenvalue weighted by molar-refractivity contribution is 0.235. The van der Waals surface area contributed by atoms with E-state index in [-0.39, 0.29) is 12.1 Å². The normalized spacial score (nSPS) is 12.2. The Morgan fingerprint density at radius 1 is 1.24 bits per heavy atom. The van der Waals surface area contributed by atoms with Crippen molar-refractivity contribution in [2.75, 3.05) is 0 Å². The summed E-state index contributed by atoms with van der Waals surface area (Å²) in [5.74, 6) is 1.44. The van der Waals surface area contributed by atoms with Crippen molar-refractivity contribution < 1.29 is 13.6 Å². The van der Waals surface area contributed by atoms with Crippen LogP contribution in [-0.4, -0.2) is 6.03 Å². The molecule has 2 N–H and O–H groups in total. The van der Waals surface area contributed by atoms with E-state index < -0.39 is 0 Å². The number of nitrogens with one attached hydrogen (secondary N) is 2. The third-order valence-electron chi connectivity index (χ3n) is 3.22. The smallest absolute Gasteiger partial charge is 0.315 e. The number of furan rings is 2. The molecule has 5 heteroatoms. The minimum atomic E-state index is -0.264. The molecule has 108 valence electrons. The third-order valence-corrected chi connectivity index (χ3v) is 3.22. The van der Waals surface area contributed by atoms with Crippen LogP contribution in [0.5, 0.6) is 0 Å². The minimum absolute atomic E-state index is 0.214. The van der Waals surface area contributed by atoms with Crippen LogP contribution in [0.1, 0.15) is 24.5 Å². The highest BCUT2D eigenvalue weighted by atomic mass is 16.3. The van der Waals surface area contributed by atoms with Crippen molar-refractivity contribution in [3.8, 4) is 0 Å². The molecule has 21 heavy (non-hydrogen) atoms. The van der Waals surface area contributed by atoms with Crippen molar-refractivity contribution in [1.29, 1.82) is 0 Å². The van der Waals surface area contributed by atoms with Gasteiger partial charge in [-0.3, -0.25) is 0 Å². The first-order valence-corrected chi connectivity index (χ1v) is 6.77. The van der Waals surface area contributed by atoms with Gasteiger partial charge < -0.3 is 19.5 Å². The highest BCUT2D eigenvalue weighted by Crippen LogP contribution is 2.23. The Morgan fingerprint density at radius 3 is 2.86 bits per heavy atom. The van der Waals surface area contributed by atoms with Gasteiger partial charge in [-0.1, -0.05) is 18.2 Å². The maximum absolute atomic E-state index is 11.8. The van der Waals surface area contributed by atoms with E-state index in [9.17, 15) is 4.79 Å². The average Bonchev–Trinajstić information content (AvgIpc) is 3.14. The van der Waals surface area contributed by atoms with Gasteiger partial charge >= 0.3 is 6.03 Å². The lowest BCUT2D eigenvalue weighted by atomic mass is 10.2. The molecule has 5 nitrogen and oxygen atoms in total. The van der Waals surface area contributed by atoms with Gasteiger partial charge in [-0.25, -0.2) is 4.79 Å². The standard InChI is InChI=1S/C16H16N2O3/c1-11(15-9-12-5-2-3-7-14(12)21-15)18-16(19)17-10-13-6-4-8-20-13/h2-9,11H,10H2,1H3,(H2,17,18,19). The first-order valence-electron chi connectivity index (χ1n) is 6.77. The fourth-order valence-electron chi connectivity index (χ4n) is 2.12. The number of fused-ring (bicyclic) bond motifs is 1. The molecule has 0 spiro atoms. The monoisotopic (exact) mass is 284 g/mol. The molecule has 0 saturated heterocycles. The van der Waals surface area contributed by atoms with Crippen LogP contribution >= 0.6 is 0 Å². The van der Waals surface area contributed by atoms with Crippen molar-refractivity contribution in [2.45, 2.75) is 19.5 Å². The van der Waals surface area contributed by atoms with E-state index in [4.69, 9.17) is 8.83 Å². The molecule has 1 unspecified atom stereocenters. The van der Waals surface area contributed by atoms with Crippen LogP contribution in [-0.2, 0) is 6.54 Å². The number of carbonyl (C=O) groups is 1. The Labute approximate surface area is 121 Å². The first-order chi connectivity index (χ1) is 10.2. The zero-order valence-electron chi connectivity index (χ0n) is 11.6. The molecule has 1 atom stereocenters. The first kappa shape index (κ1) is 13.3. The largest absolute Gasteiger partial charge is 0.467 e. The van der Waals surface area contributed by atoms with E-state index in [0.717, 1.165) is 16.7 Å².